The van der Waals surface area contributed by atoms with E-state index in [1.807, 2.05) is 18.2 Å². The van der Waals surface area contributed by atoms with Crippen LogP contribution in [-0.2, 0) is 5.41 Å². The van der Waals surface area contributed by atoms with Crippen molar-refractivity contribution in [1.29, 1.82) is 0 Å². The second-order valence-electron chi connectivity index (χ2n) is 5.20. The van der Waals surface area contributed by atoms with Gasteiger partial charge in [-0.05, 0) is 29.5 Å². The Balaban J connectivity index is 1.99. The number of carbonyl (C=O) groups is 1. The Morgan fingerprint density at radius 1 is 1.47 bits per heavy atom. The number of piperidine rings is 1. The summed E-state index contributed by atoms with van der Waals surface area (Å²) in [5, 5.41) is 10.1. The number of fused-ring (bicyclic) bond motifs is 1. The number of amides is 1. The van der Waals surface area contributed by atoms with Gasteiger partial charge in [-0.3, -0.25) is 0 Å². The molecule has 0 radical (unpaired) electrons. The molecule has 3 nitrogen and oxygen atoms in total. The third kappa shape index (κ3) is 1.68. The van der Waals surface area contributed by atoms with Crippen LogP contribution in [0.2, 0.25) is 10.0 Å². The van der Waals surface area contributed by atoms with Crippen molar-refractivity contribution in [3.05, 3.63) is 46.5 Å². The molecule has 1 saturated heterocycles. The SMILES string of the molecule is C=C[C@@H]1[C@H]2CN(C(=O)O)C[C@]12c1ccc(Cl)c(Cl)c1. The summed E-state index contributed by atoms with van der Waals surface area (Å²) in [5.74, 6) is 0.624. The van der Waals surface area contributed by atoms with Gasteiger partial charge in [-0.15, -0.1) is 6.58 Å². The lowest BCUT2D eigenvalue weighted by Crippen LogP contribution is -2.33. The molecule has 5 heteroatoms. The molecule has 1 saturated carbocycles. The first-order valence-electron chi connectivity index (χ1n) is 6.06. The Bertz CT molecular complexity index is 575. The summed E-state index contributed by atoms with van der Waals surface area (Å²) in [5.41, 5.74) is 0.898. The second kappa shape index (κ2) is 4.15. The molecule has 1 aromatic rings. The van der Waals surface area contributed by atoms with Crippen molar-refractivity contribution in [2.75, 3.05) is 13.1 Å². The van der Waals surface area contributed by atoms with Gasteiger partial charge < -0.3 is 10.0 Å². The number of nitrogens with zero attached hydrogens (tertiary/aromatic N) is 1. The quantitative estimate of drug-likeness (QED) is 0.847. The maximum atomic E-state index is 11.1. The molecule has 1 heterocycles. The molecular formula is C14H13Cl2NO2. The number of hydrogen-bond acceptors (Lipinski definition) is 1. The van der Waals surface area contributed by atoms with E-state index in [1.165, 1.54) is 4.90 Å². The van der Waals surface area contributed by atoms with E-state index in [-0.39, 0.29) is 5.41 Å². The molecule has 2 aliphatic rings. The van der Waals surface area contributed by atoms with E-state index in [1.54, 1.807) is 6.07 Å². The van der Waals surface area contributed by atoms with Crippen LogP contribution in [0.25, 0.3) is 0 Å². The Morgan fingerprint density at radius 3 is 2.79 bits per heavy atom. The summed E-state index contributed by atoms with van der Waals surface area (Å²) in [6, 6.07) is 5.56. The van der Waals surface area contributed by atoms with Gasteiger partial charge in [-0.2, -0.15) is 0 Å². The van der Waals surface area contributed by atoms with Crippen LogP contribution >= 0.6 is 23.2 Å². The minimum Gasteiger partial charge on any atom is -0.465 e. The van der Waals surface area contributed by atoms with E-state index in [2.05, 4.69) is 6.58 Å². The van der Waals surface area contributed by atoms with Crippen molar-refractivity contribution in [2.45, 2.75) is 5.41 Å². The van der Waals surface area contributed by atoms with Crippen LogP contribution in [-0.4, -0.2) is 29.2 Å². The standard InChI is InChI=1S/C14H13Cl2NO2/c1-2-9-10-6-17(13(18)19)7-14(9,10)8-3-4-11(15)12(16)5-8/h2-5,9-10H,1,6-7H2,(H,18,19)/t9-,10-,14+/m1/s1. The largest absolute Gasteiger partial charge is 0.465 e. The number of hydrogen-bond donors (Lipinski definition) is 1. The van der Waals surface area contributed by atoms with Crippen LogP contribution < -0.4 is 0 Å². The van der Waals surface area contributed by atoms with Crippen molar-refractivity contribution in [3.63, 3.8) is 0 Å². The zero-order chi connectivity index (χ0) is 13.8. The zero-order valence-corrected chi connectivity index (χ0v) is 11.7. The molecule has 100 valence electrons. The molecule has 0 unspecified atom stereocenters. The minimum absolute atomic E-state index is 0.158. The van der Waals surface area contributed by atoms with Crippen molar-refractivity contribution >= 4 is 29.3 Å². The second-order valence-corrected chi connectivity index (χ2v) is 6.01. The molecule has 1 aliphatic heterocycles. The molecule has 1 N–H and O–H groups in total. The Hall–Kier alpha value is -1.19. The first-order chi connectivity index (χ1) is 9.00. The van der Waals surface area contributed by atoms with E-state index in [9.17, 15) is 4.79 Å². The smallest absolute Gasteiger partial charge is 0.407 e. The highest BCUT2D eigenvalue weighted by Crippen LogP contribution is 2.64. The topological polar surface area (TPSA) is 40.5 Å². The minimum atomic E-state index is -0.866. The lowest BCUT2D eigenvalue weighted by atomic mass is 9.93. The highest BCUT2D eigenvalue weighted by atomic mass is 35.5. The first kappa shape index (κ1) is 12.8. The van der Waals surface area contributed by atoms with Crippen LogP contribution in [0.15, 0.2) is 30.9 Å². The summed E-state index contributed by atoms with van der Waals surface area (Å²) in [7, 11) is 0. The van der Waals surface area contributed by atoms with Crippen LogP contribution in [0.4, 0.5) is 4.79 Å². The molecule has 1 aromatic carbocycles. The number of rotatable bonds is 2. The van der Waals surface area contributed by atoms with E-state index in [0.717, 1.165) is 5.56 Å². The number of likely N-dealkylation sites (tertiary alicyclic amines) is 1. The molecule has 1 amide bonds. The molecule has 19 heavy (non-hydrogen) atoms. The molecule has 3 rings (SSSR count). The van der Waals surface area contributed by atoms with Crippen LogP contribution in [0, 0.1) is 11.8 Å². The number of halogens is 2. The van der Waals surface area contributed by atoms with Crippen molar-refractivity contribution in [1.82, 2.24) is 4.90 Å². The first-order valence-corrected chi connectivity index (χ1v) is 6.82. The molecule has 2 fully saturated rings. The lowest BCUT2D eigenvalue weighted by Gasteiger charge is -2.21. The maximum absolute atomic E-state index is 11.1. The van der Waals surface area contributed by atoms with Crippen molar-refractivity contribution < 1.29 is 9.90 Å². The number of carboxylic acid groups (broad SMARTS) is 1. The maximum Gasteiger partial charge on any atom is 0.407 e. The molecule has 0 bridgehead atoms. The third-order valence-electron chi connectivity index (χ3n) is 4.43. The Kier molecular flexibility index (Phi) is 2.80. The number of benzene rings is 1. The highest BCUT2D eigenvalue weighted by molar-refractivity contribution is 6.42. The molecular weight excluding hydrogens is 285 g/mol. The fourth-order valence-corrected chi connectivity index (χ4v) is 3.77. The monoisotopic (exact) mass is 297 g/mol. The van der Waals surface area contributed by atoms with Gasteiger partial charge in [-0.1, -0.05) is 35.3 Å². The third-order valence-corrected chi connectivity index (χ3v) is 5.17. The number of allylic oxidation sites excluding steroid dienone is 1. The lowest BCUT2D eigenvalue weighted by molar-refractivity contribution is 0.148. The molecule has 0 spiro atoms. The van der Waals surface area contributed by atoms with Crippen LogP contribution in [0.1, 0.15) is 5.56 Å². The van der Waals surface area contributed by atoms with Gasteiger partial charge in [0.05, 0.1) is 10.0 Å². The van der Waals surface area contributed by atoms with Crippen molar-refractivity contribution in [3.8, 4) is 0 Å². The van der Waals surface area contributed by atoms with E-state index >= 15 is 0 Å². The molecule has 0 aromatic heterocycles. The van der Waals surface area contributed by atoms with E-state index < -0.39 is 6.09 Å². The summed E-state index contributed by atoms with van der Waals surface area (Å²) >= 11 is 12.0. The normalized spacial score (nSPS) is 32.0. The van der Waals surface area contributed by atoms with Crippen LogP contribution in [0.5, 0.6) is 0 Å². The van der Waals surface area contributed by atoms with E-state index in [0.29, 0.717) is 35.0 Å². The Labute approximate surface area is 121 Å². The van der Waals surface area contributed by atoms with Crippen molar-refractivity contribution in [2.24, 2.45) is 11.8 Å². The highest BCUT2D eigenvalue weighted by Gasteiger charge is 2.69. The average Bonchev–Trinajstić information content (AvgIpc) is 2.80. The molecule has 1 aliphatic carbocycles. The fraction of sp³-hybridized carbons (Fsp3) is 0.357. The van der Waals surface area contributed by atoms with Gasteiger partial charge in [0.15, 0.2) is 0 Å². The van der Waals surface area contributed by atoms with Gasteiger partial charge in [-0.25, -0.2) is 4.79 Å². The molecule has 3 atom stereocenters. The summed E-state index contributed by atoms with van der Waals surface area (Å²) < 4.78 is 0. The predicted molar refractivity (Wildman–Crippen MR) is 74.9 cm³/mol. The van der Waals surface area contributed by atoms with Gasteiger partial charge in [0.1, 0.15) is 0 Å². The van der Waals surface area contributed by atoms with Gasteiger partial charge in [0.2, 0.25) is 0 Å². The van der Waals surface area contributed by atoms with Crippen LogP contribution in [0.3, 0.4) is 0 Å². The Morgan fingerprint density at radius 2 is 2.21 bits per heavy atom. The van der Waals surface area contributed by atoms with Gasteiger partial charge in [0.25, 0.3) is 0 Å². The average molecular weight is 298 g/mol. The van der Waals surface area contributed by atoms with E-state index in [4.69, 9.17) is 28.3 Å². The zero-order valence-electron chi connectivity index (χ0n) is 10.1. The summed E-state index contributed by atoms with van der Waals surface area (Å²) in [6.45, 7) is 4.92. The fourth-order valence-electron chi connectivity index (χ4n) is 3.47. The summed E-state index contributed by atoms with van der Waals surface area (Å²) in [4.78, 5) is 12.6. The van der Waals surface area contributed by atoms with Gasteiger partial charge >= 0.3 is 6.09 Å². The van der Waals surface area contributed by atoms with Gasteiger partial charge in [0, 0.05) is 18.5 Å². The predicted octanol–water partition coefficient (Wildman–Crippen LogP) is 3.66. The summed E-state index contributed by atoms with van der Waals surface area (Å²) in [6.07, 6.45) is 1.06.